The lowest BCUT2D eigenvalue weighted by Crippen LogP contribution is -2.38. The Kier molecular flexibility index (Phi) is 5.67. The summed E-state index contributed by atoms with van der Waals surface area (Å²) in [6.07, 6.45) is 0.272. The molecular weight excluding hydrogens is 320 g/mol. The minimum atomic E-state index is -1.02. The Bertz CT molecular complexity index is 706. The molecule has 2 aromatic carbocycles. The van der Waals surface area contributed by atoms with Crippen molar-refractivity contribution in [3.8, 4) is 0 Å². The fraction of sp³-hybridized carbons (Fsp3) is 0.188. The Hall–Kier alpha value is -2.44. The minimum absolute atomic E-state index is 0.000211. The summed E-state index contributed by atoms with van der Waals surface area (Å²) < 4.78 is 0. The fourth-order valence-corrected chi connectivity index (χ4v) is 2.45. The van der Waals surface area contributed by atoms with E-state index in [1.807, 2.05) is 30.3 Å². The Morgan fingerprint density at radius 2 is 1.91 bits per heavy atom. The maximum absolute atomic E-state index is 11.4. The van der Waals surface area contributed by atoms with Crippen LogP contribution in [0.5, 0.6) is 0 Å². The number of aliphatic carboxylic acids is 1. The summed E-state index contributed by atoms with van der Waals surface area (Å²) in [5.74, 6) is -1.02. The van der Waals surface area contributed by atoms with Gasteiger partial charge < -0.3 is 5.11 Å². The lowest BCUT2D eigenvalue weighted by molar-refractivity contribution is -0.385. The third-order valence-electron chi connectivity index (χ3n) is 3.40. The minimum Gasteiger partial charge on any atom is -0.480 e. The van der Waals surface area contributed by atoms with E-state index in [0.29, 0.717) is 0 Å². The van der Waals surface area contributed by atoms with Crippen molar-refractivity contribution in [2.24, 2.45) is 0 Å². The first-order chi connectivity index (χ1) is 11.0. The molecule has 0 bridgehead atoms. The zero-order chi connectivity index (χ0) is 16.8. The van der Waals surface area contributed by atoms with Gasteiger partial charge in [0.25, 0.3) is 5.69 Å². The average molecular weight is 335 g/mol. The number of nitro groups is 1. The molecule has 120 valence electrons. The van der Waals surface area contributed by atoms with Crippen molar-refractivity contribution in [2.75, 3.05) is 0 Å². The molecule has 2 aromatic rings. The molecule has 0 unspecified atom stereocenters. The molecule has 0 heterocycles. The number of nitro benzene ring substituents is 1. The summed E-state index contributed by atoms with van der Waals surface area (Å²) in [6.45, 7) is -0.000211. The van der Waals surface area contributed by atoms with E-state index in [9.17, 15) is 20.0 Å². The van der Waals surface area contributed by atoms with Crippen LogP contribution in [0.25, 0.3) is 0 Å². The molecule has 0 amide bonds. The topological polar surface area (TPSA) is 92.5 Å². The van der Waals surface area contributed by atoms with Crippen LogP contribution in [0.3, 0.4) is 0 Å². The molecule has 0 saturated heterocycles. The number of benzene rings is 2. The number of carboxylic acids is 1. The molecule has 0 saturated carbocycles. The van der Waals surface area contributed by atoms with Crippen molar-refractivity contribution >= 4 is 23.3 Å². The zero-order valence-corrected chi connectivity index (χ0v) is 12.9. The second kappa shape index (κ2) is 7.71. The second-order valence-corrected chi connectivity index (χ2v) is 5.36. The van der Waals surface area contributed by atoms with Crippen LogP contribution in [0, 0.1) is 10.1 Å². The SMILES string of the molecule is O=C(O)[C@@H](Cc1ccccc1)NCc1c(Cl)cccc1[N+](=O)[O-]. The van der Waals surface area contributed by atoms with Gasteiger partial charge in [0.2, 0.25) is 0 Å². The summed E-state index contributed by atoms with van der Waals surface area (Å²) in [4.78, 5) is 21.9. The molecule has 0 radical (unpaired) electrons. The van der Waals surface area contributed by atoms with Crippen LogP contribution in [0.15, 0.2) is 48.5 Å². The molecule has 0 aromatic heterocycles. The third-order valence-corrected chi connectivity index (χ3v) is 3.75. The van der Waals surface area contributed by atoms with E-state index in [0.717, 1.165) is 5.56 Å². The summed E-state index contributed by atoms with van der Waals surface area (Å²) in [6, 6.07) is 12.7. The number of nitrogens with one attached hydrogen (secondary N) is 1. The van der Waals surface area contributed by atoms with Crippen molar-refractivity contribution in [3.05, 3.63) is 74.8 Å². The summed E-state index contributed by atoms with van der Waals surface area (Å²) in [5, 5.41) is 23.4. The molecule has 0 aliphatic rings. The van der Waals surface area contributed by atoms with E-state index in [1.165, 1.54) is 12.1 Å². The highest BCUT2D eigenvalue weighted by Crippen LogP contribution is 2.26. The van der Waals surface area contributed by atoms with E-state index < -0.39 is 16.9 Å². The summed E-state index contributed by atoms with van der Waals surface area (Å²) >= 11 is 6.00. The number of carbonyl (C=O) groups is 1. The number of carboxylic acid groups (broad SMARTS) is 1. The van der Waals surface area contributed by atoms with Crippen molar-refractivity contribution in [2.45, 2.75) is 19.0 Å². The Labute approximate surface area is 137 Å². The number of hydrogen-bond acceptors (Lipinski definition) is 4. The lowest BCUT2D eigenvalue weighted by atomic mass is 10.1. The molecule has 2 rings (SSSR count). The monoisotopic (exact) mass is 334 g/mol. The molecular formula is C16H15ClN2O4. The predicted molar refractivity (Wildman–Crippen MR) is 86.5 cm³/mol. The van der Waals surface area contributed by atoms with Gasteiger partial charge in [0.15, 0.2) is 0 Å². The number of hydrogen-bond donors (Lipinski definition) is 2. The maximum Gasteiger partial charge on any atom is 0.321 e. The molecule has 0 aliphatic carbocycles. The Morgan fingerprint density at radius 3 is 2.52 bits per heavy atom. The number of rotatable bonds is 7. The molecule has 0 fully saturated rings. The second-order valence-electron chi connectivity index (χ2n) is 4.96. The van der Waals surface area contributed by atoms with Crippen LogP contribution < -0.4 is 5.32 Å². The van der Waals surface area contributed by atoms with Gasteiger partial charge >= 0.3 is 5.97 Å². The van der Waals surface area contributed by atoms with Crippen LogP contribution in [0.2, 0.25) is 5.02 Å². The van der Waals surface area contributed by atoms with Gasteiger partial charge in [-0.15, -0.1) is 0 Å². The molecule has 1 atom stereocenters. The smallest absolute Gasteiger partial charge is 0.321 e. The van der Waals surface area contributed by atoms with Crippen LogP contribution in [-0.2, 0) is 17.8 Å². The van der Waals surface area contributed by atoms with Gasteiger partial charge in [-0.05, 0) is 18.1 Å². The highest BCUT2D eigenvalue weighted by Gasteiger charge is 2.21. The van der Waals surface area contributed by atoms with Gasteiger partial charge in [-0.2, -0.15) is 0 Å². The first-order valence-corrected chi connectivity index (χ1v) is 7.28. The predicted octanol–water partition coefficient (Wildman–Crippen LogP) is 3.03. The molecule has 0 spiro atoms. The third kappa shape index (κ3) is 4.51. The van der Waals surface area contributed by atoms with Crippen molar-refractivity contribution in [3.63, 3.8) is 0 Å². The van der Waals surface area contributed by atoms with Crippen LogP contribution in [0.1, 0.15) is 11.1 Å². The zero-order valence-electron chi connectivity index (χ0n) is 12.1. The van der Waals surface area contributed by atoms with Gasteiger partial charge in [-0.3, -0.25) is 20.2 Å². The number of nitrogens with zero attached hydrogens (tertiary/aromatic N) is 1. The quantitative estimate of drug-likeness (QED) is 0.599. The average Bonchev–Trinajstić information content (AvgIpc) is 2.52. The normalized spacial score (nSPS) is 11.9. The van der Waals surface area contributed by atoms with E-state index in [1.54, 1.807) is 6.07 Å². The van der Waals surface area contributed by atoms with Crippen molar-refractivity contribution in [1.29, 1.82) is 0 Å². The van der Waals surface area contributed by atoms with Gasteiger partial charge in [0.1, 0.15) is 6.04 Å². The van der Waals surface area contributed by atoms with E-state index >= 15 is 0 Å². The molecule has 23 heavy (non-hydrogen) atoms. The van der Waals surface area contributed by atoms with Gasteiger partial charge in [-0.1, -0.05) is 48.0 Å². The summed E-state index contributed by atoms with van der Waals surface area (Å²) in [7, 11) is 0. The van der Waals surface area contributed by atoms with Crippen LogP contribution >= 0.6 is 11.6 Å². The Morgan fingerprint density at radius 1 is 1.22 bits per heavy atom. The molecule has 2 N–H and O–H groups in total. The van der Waals surface area contributed by atoms with E-state index in [4.69, 9.17) is 11.6 Å². The summed E-state index contributed by atoms with van der Waals surface area (Å²) in [5.41, 5.74) is 1.01. The van der Waals surface area contributed by atoms with Gasteiger partial charge in [0, 0.05) is 12.6 Å². The van der Waals surface area contributed by atoms with E-state index in [2.05, 4.69) is 5.32 Å². The highest BCUT2D eigenvalue weighted by molar-refractivity contribution is 6.31. The molecule has 6 nitrogen and oxygen atoms in total. The van der Waals surface area contributed by atoms with Crippen LogP contribution in [-0.4, -0.2) is 22.0 Å². The lowest BCUT2D eigenvalue weighted by Gasteiger charge is -2.15. The first kappa shape index (κ1) is 16.9. The Balaban J connectivity index is 2.14. The molecule has 7 heteroatoms. The highest BCUT2D eigenvalue weighted by atomic mass is 35.5. The standard InChI is InChI=1S/C16H15ClN2O4/c17-13-7-4-8-15(19(22)23)12(13)10-18-14(16(20)21)9-11-5-2-1-3-6-11/h1-8,14,18H,9-10H2,(H,20,21)/t14-/m1/s1. The fourth-order valence-electron chi connectivity index (χ4n) is 2.22. The van der Waals surface area contributed by atoms with Crippen LogP contribution in [0.4, 0.5) is 5.69 Å². The molecule has 0 aliphatic heterocycles. The largest absolute Gasteiger partial charge is 0.480 e. The van der Waals surface area contributed by atoms with Crippen molar-refractivity contribution in [1.82, 2.24) is 5.32 Å². The first-order valence-electron chi connectivity index (χ1n) is 6.91. The van der Waals surface area contributed by atoms with Gasteiger partial charge in [-0.25, -0.2) is 0 Å². The van der Waals surface area contributed by atoms with Crippen molar-refractivity contribution < 1.29 is 14.8 Å². The van der Waals surface area contributed by atoms with Gasteiger partial charge in [0.05, 0.1) is 15.5 Å². The maximum atomic E-state index is 11.4. The number of halogens is 1. The van der Waals surface area contributed by atoms with E-state index in [-0.39, 0.29) is 29.2 Å².